The van der Waals surface area contributed by atoms with Gasteiger partial charge in [0.25, 0.3) is 0 Å². The minimum absolute atomic E-state index is 0.461. The van der Waals surface area contributed by atoms with Gasteiger partial charge in [0.1, 0.15) is 0 Å². The summed E-state index contributed by atoms with van der Waals surface area (Å²) < 4.78 is 5.18. The number of aromatic nitrogens is 1. The summed E-state index contributed by atoms with van der Waals surface area (Å²) in [5.74, 6) is 1.37. The van der Waals surface area contributed by atoms with Crippen LogP contribution >= 0.6 is 0 Å². The zero-order valence-corrected chi connectivity index (χ0v) is 12.3. The topological polar surface area (TPSA) is 63.4 Å². The maximum absolute atomic E-state index is 6.01. The van der Waals surface area contributed by atoms with Gasteiger partial charge >= 0.3 is 0 Å². The number of hydrogen-bond acceptors (Lipinski definition) is 5. The van der Waals surface area contributed by atoms with Crippen molar-refractivity contribution in [2.75, 3.05) is 25.2 Å². The zero-order chi connectivity index (χ0) is 14.1. The third-order valence-corrected chi connectivity index (χ3v) is 4.79. The van der Waals surface area contributed by atoms with E-state index in [-0.39, 0.29) is 0 Å². The lowest BCUT2D eigenvalue weighted by atomic mass is 9.82. The van der Waals surface area contributed by atoms with E-state index in [9.17, 15) is 0 Å². The van der Waals surface area contributed by atoms with Gasteiger partial charge in [0.15, 0.2) is 5.82 Å². The van der Waals surface area contributed by atoms with Crippen LogP contribution in [0.1, 0.15) is 32.1 Å². The van der Waals surface area contributed by atoms with E-state index in [4.69, 9.17) is 10.5 Å². The largest absolute Gasteiger partial charge is 0.481 e. The summed E-state index contributed by atoms with van der Waals surface area (Å²) in [7, 11) is 3.89. The van der Waals surface area contributed by atoms with E-state index in [2.05, 4.69) is 22.2 Å². The molecule has 2 unspecified atom stereocenters. The van der Waals surface area contributed by atoms with Crippen molar-refractivity contribution in [1.82, 2.24) is 9.88 Å². The Hall–Kier alpha value is -1.49. The van der Waals surface area contributed by atoms with Crippen LogP contribution in [0.2, 0.25) is 0 Å². The van der Waals surface area contributed by atoms with E-state index in [1.54, 1.807) is 13.2 Å². The molecule has 2 bridgehead atoms. The molecule has 0 radical (unpaired) electrons. The van der Waals surface area contributed by atoms with Crippen molar-refractivity contribution in [3.8, 4) is 5.88 Å². The molecule has 0 aromatic carbocycles. The minimum atomic E-state index is 0.461. The quantitative estimate of drug-likeness (QED) is 0.885. The third kappa shape index (κ3) is 2.54. The second-order valence-electron chi connectivity index (χ2n) is 6.01. The molecule has 0 saturated carbocycles. The summed E-state index contributed by atoms with van der Waals surface area (Å²) in [5, 5.41) is 3.53. The normalized spacial score (nSPS) is 30.0. The molecule has 0 spiro atoms. The fourth-order valence-corrected chi connectivity index (χ4v) is 3.61. The molecule has 0 amide bonds. The average molecular weight is 276 g/mol. The highest BCUT2D eigenvalue weighted by Gasteiger charge is 2.36. The molecule has 2 aliphatic rings. The van der Waals surface area contributed by atoms with Crippen molar-refractivity contribution in [3.05, 3.63) is 12.1 Å². The molecule has 20 heavy (non-hydrogen) atoms. The predicted octanol–water partition coefficient (Wildman–Crippen LogP) is 2.10. The summed E-state index contributed by atoms with van der Waals surface area (Å²) in [6.45, 7) is 0. The number of pyridine rings is 1. The molecule has 3 rings (SSSR count). The molecule has 110 valence electrons. The number of methoxy groups -OCH3 is 1. The van der Waals surface area contributed by atoms with Crippen LogP contribution in [0, 0.1) is 0 Å². The molecule has 1 aromatic rings. The van der Waals surface area contributed by atoms with Gasteiger partial charge in [-0.2, -0.15) is 4.98 Å². The Balaban J connectivity index is 1.72. The molecule has 1 aromatic heterocycles. The van der Waals surface area contributed by atoms with Crippen molar-refractivity contribution in [3.63, 3.8) is 0 Å². The molecule has 3 heterocycles. The van der Waals surface area contributed by atoms with E-state index >= 15 is 0 Å². The Morgan fingerprint density at radius 3 is 2.65 bits per heavy atom. The van der Waals surface area contributed by atoms with Crippen LogP contribution in [0.4, 0.5) is 11.5 Å². The zero-order valence-electron chi connectivity index (χ0n) is 12.3. The Labute approximate surface area is 120 Å². The van der Waals surface area contributed by atoms with Crippen LogP contribution in [0.25, 0.3) is 0 Å². The van der Waals surface area contributed by atoms with Crippen molar-refractivity contribution < 1.29 is 4.74 Å². The van der Waals surface area contributed by atoms with E-state index in [0.29, 0.717) is 29.7 Å². The van der Waals surface area contributed by atoms with Crippen LogP contribution in [-0.2, 0) is 0 Å². The molecule has 3 N–H and O–H groups in total. The molecule has 0 aliphatic carbocycles. The smallest absolute Gasteiger partial charge is 0.215 e. The first-order valence-corrected chi connectivity index (χ1v) is 7.46. The minimum Gasteiger partial charge on any atom is -0.481 e. The van der Waals surface area contributed by atoms with Crippen molar-refractivity contribution >= 4 is 11.5 Å². The van der Waals surface area contributed by atoms with Gasteiger partial charge < -0.3 is 20.7 Å². The summed E-state index contributed by atoms with van der Waals surface area (Å²) in [6, 6.07) is 5.51. The molecule has 2 aliphatic heterocycles. The molecule has 2 saturated heterocycles. The van der Waals surface area contributed by atoms with Gasteiger partial charge in [-0.05, 0) is 38.8 Å². The Morgan fingerprint density at radius 1 is 1.30 bits per heavy atom. The van der Waals surface area contributed by atoms with E-state index in [1.807, 2.05) is 6.07 Å². The number of anilines is 2. The summed E-state index contributed by atoms with van der Waals surface area (Å²) in [5.41, 5.74) is 6.70. The Kier molecular flexibility index (Phi) is 3.70. The molecular formula is C15H24N4O. The second-order valence-corrected chi connectivity index (χ2v) is 6.01. The summed E-state index contributed by atoms with van der Waals surface area (Å²) in [6.07, 6.45) is 6.33. The fraction of sp³-hybridized carbons (Fsp3) is 0.667. The van der Waals surface area contributed by atoms with Gasteiger partial charge in [-0.15, -0.1) is 0 Å². The SMILES string of the molecule is COc1ccc(N)c(NC2CC3CCCC(C2)N3C)n1. The predicted molar refractivity (Wildman–Crippen MR) is 81.0 cm³/mol. The number of nitrogens with zero attached hydrogens (tertiary/aromatic N) is 2. The van der Waals surface area contributed by atoms with Gasteiger partial charge in [-0.1, -0.05) is 6.42 Å². The van der Waals surface area contributed by atoms with Crippen LogP contribution < -0.4 is 15.8 Å². The number of fused-ring (bicyclic) bond motifs is 2. The second kappa shape index (κ2) is 5.48. The lowest BCUT2D eigenvalue weighted by Crippen LogP contribution is -2.52. The highest BCUT2D eigenvalue weighted by Crippen LogP contribution is 2.34. The van der Waals surface area contributed by atoms with E-state index in [1.165, 1.54) is 32.1 Å². The first-order valence-electron chi connectivity index (χ1n) is 7.46. The molecular weight excluding hydrogens is 252 g/mol. The lowest BCUT2D eigenvalue weighted by Gasteiger charge is -2.47. The lowest BCUT2D eigenvalue weighted by molar-refractivity contribution is 0.0608. The Bertz CT molecular complexity index is 465. The van der Waals surface area contributed by atoms with Gasteiger partial charge in [-0.3, -0.25) is 0 Å². The number of piperidine rings is 2. The number of hydrogen-bond donors (Lipinski definition) is 2. The van der Waals surface area contributed by atoms with Crippen molar-refractivity contribution in [2.24, 2.45) is 0 Å². The fourth-order valence-electron chi connectivity index (χ4n) is 3.61. The maximum atomic E-state index is 6.01. The van der Waals surface area contributed by atoms with Gasteiger partial charge in [0.05, 0.1) is 12.8 Å². The van der Waals surface area contributed by atoms with E-state index in [0.717, 1.165) is 5.82 Å². The van der Waals surface area contributed by atoms with Crippen LogP contribution in [0.15, 0.2) is 12.1 Å². The third-order valence-electron chi connectivity index (χ3n) is 4.79. The summed E-state index contributed by atoms with van der Waals surface area (Å²) >= 11 is 0. The molecule has 2 fully saturated rings. The highest BCUT2D eigenvalue weighted by molar-refractivity contribution is 5.62. The highest BCUT2D eigenvalue weighted by atomic mass is 16.5. The number of nitrogen functional groups attached to an aromatic ring is 1. The monoisotopic (exact) mass is 276 g/mol. The summed E-state index contributed by atoms with van der Waals surface area (Å²) in [4.78, 5) is 6.99. The average Bonchev–Trinajstić information content (AvgIpc) is 2.42. The molecule has 5 nitrogen and oxygen atoms in total. The van der Waals surface area contributed by atoms with Crippen molar-refractivity contribution in [2.45, 2.75) is 50.2 Å². The van der Waals surface area contributed by atoms with Crippen LogP contribution in [-0.4, -0.2) is 42.2 Å². The van der Waals surface area contributed by atoms with Gasteiger partial charge in [-0.25, -0.2) is 0 Å². The number of nitrogens with two attached hydrogens (primary N) is 1. The molecule has 5 heteroatoms. The van der Waals surface area contributed by atoms with Crippen molar-refractivity contribution in [1.29, 1.82) is 0 Å². The van der Waals surface area contributed by atoms with Gasteiger partial charge in [0, 0.05) is 24.2 Å². The van der Waals surface area contributed by atoms with Crippen LogP contribution in [0.3, 0.4) is 0 Å². The number of rotatable bonds is 3. The number of ether oxygens (including phenoxy) is 1. The Morgan fingerprint density at radius 2 is 2.00 bits per heavy atom. The number of nitrogens with one attached hydrogen (secondary N) is 1. The first kappa shape index (κ1) is 13.5. The van der Waals surface area contributed by atoms with E-state index < -0.39 is 0 Å². The standard InChI is InChI=1S/C15H24N4O/c1-19-11-4-3-5-12(19)9-10(8-11)17-15-13(16)6-7-14(18-15)20-2/h6-7,10-12H,3-5,8-9,16H2,1-2H3,(H,17,18). The maximum Gasteiger partial charge on any atom is 0.215 e. The molecule has 2 atom stereocenters. The first-order chi connectivity index (χ1) is 9.67. The van der Waals surface area contributed by atoms with Gasteiger partial charge in [0.2, 0.25) is 5.88 Å². The van der Waals surface area contributed by atoms with Crippen LogP contribution in [0.5, 0.6) is 5.88 Å².